The van der Waals surface area contributed by atoms with Gasteiger partial charge in [-0.15, -0.1) is 0 Å². The SMILES string of the molecule is CO[Si](C[n+]1ccccc1C(C)(C)C)(OC)OC.O=S(=O)([N-]S(=O)(=O)C(F)(F)F)C(F)(F)F. The fourth-order valence-corrected chi connectivity index (χ4v) is 5.45. The van der Waals surface area contributed by atoms with Crippen molar-refractivity contribution >= 4 is 28.9 Å². The average Bonchev–Trinajstić information content (AvgIpc) is 2.64. The molecule has 9 nitrogen and oxygen atoms in total. The van der Waals surface area contributed by atoms with E-state index in [9.17, 15) is 43.2 Å². The van der Waals surface area contributed by atoms with E-state index in [1.54, 1.807) is 21.3 Å². The van der Waals surface area contributed by atoms with Crippen LogP contribution < -0.4 is 4.57 Å². The van der Waals surface area contributed by atoms with E-state index in [-0.39, 0.29) is 5.41 Å². The molecule has 0 aromatic carbocycles. The van der Waals surface area contributed by atoms with Gasteiger partial charge in [-0.25, -0.2) is 16.8 Å². The van der Waals surface area contributed by atoms with Gasteiger partial charge in [0.2, 0.25) is 6.17 Å². The van der Waals surface area contributed by atoms with Crippen LogP contribution in [0.25, 0.3) is 4.13 Å². The molecule has 0 aliphatic rings. The van der Waals surface area contributed by atoms with Gasteiger partial charge in [0, 0.05) is 38.9 Å². The molecule has 33 heavy (non-hydrogen) atoms. The van der Waals surface area contributed by atoms with Gasteiger partial charge in [0.1, 0.15) is 0 Å². The van der Waals surface area contributed by atoms with Gasteiger partial charge in [-0.3, -0.25) is 0 Å². The zero-order valence-corrected chi connectivity index (χ0v) is 21.0. The maximum atomic E-state index is 11.4. The summed E-state index contributed by atoms with van der Waals surface area (Å²) in [7, 11) is -11.1. The van der Waals surface area contributed by atoms with Crippen molar-refractivity contribution in [3.63, 3.8) is 0 Å². The highest BCUT2D eigenvalue weighted by Gasteiger charge is 2.47. The Morgan fingerprint density at radius 3 is 1.55 bits per heavy atom. The van der Waals surface area contributed by atoms with Crippen LogP contribution in [0.1, 0.15) is 26.5 Å². The second-order valence-corrected chi connectivity index (χ2v) is 13.5. The first-order valence-electron chi connectivity index (χ1n) is 8.60. The van der Waals surface area contributed by atoms with Crippen LogP contribution in [0.3, 0.4) is 0 Å². The minimum atomic E-state index is -6.72. The Kier molecular flexibility index (Phi) is 10.5. The fourth-order valence-electron chi connectivity index (χ4n) is 2.16. The van der Waals surface area contributed by atoms with Gasteiger partial charge in [0.25, 0.3) is 0 Å². The number of sulfonamides is 2. The maximum Gasteiger partial charge on any atom is 0.569 e. The number of rotatable bonds is 7. The summed E-state index contributed by atoms with van der Waals surface area (Å²) in [5.74, 6) is 0. The van der Waals surface area contributed by atoms with Gasteiger partial charge in [-0.2, -0.15) is 30.9 Å². The molecule has 0 aliphatic heterocycles. The van der Waals surface area contributed by atoms with E-state index in [1.807, 2.05) is 18.3 Å². The molecule has 0 N–H and O–H groups in total. The van der Waals surface area contributed by atoms with Crippen LogP contribution in [0.2, 0.25) is 0 Å². The van der Waals surface area contributed by atoms with Crippen molar-refractivity contribution in [2.45, 2.75) is 43.4 Å². The number of pyridine rings is 1. The molecular formula is C15H24F6N2O7S2Si. The van der Waals surface area contributed by atoms with Gasteiger partial charge in [0.05, 0.1) is 0 Å². The summed E-state index contributed by atoms with van der Waals surface area (Å²) < 4.78 is 128. The van der Waals surface area contributed by atoms with E-state index < -0.39 is 39.9 Å². The lowest BCUT2D eigenvalue weighted by Gasteiger charge is -2.23. The summed E-state index contributed by atoms with van der Waals surface area (Å²) >= 11 is 0. The predicted octanol–water partition coefficient (Wildman–Crippen LogP) is 2.75. The second-order valence-electron chi connectivity index (χ2n) is 7.18. The summed E-state index contributed by atoms with van der Waals surface area (Å²) in [5, 5.41) is 0. The molecule has 0 aliphatic carbocycles. The van der Waals surface area contributed by atoms with Crippen LogP contribution in [0.4, 0.5) is 26.3 Å². The molecule has 1 aromatic rings. The Labute approximate surface area is 189 Å². The molecule has 1 heterocycles. The van der Waals surface area contributed by atoms with Crippen molar-refractivity contribution in [2.24, 2.45) is 0 Å². The van der Waals surface area contributed by atoms with Gasteiger partial charge >= 0.3 is 19.8 Å². The molecule has 0 spiro atoms. The van der Waals surface area contributed by atoms with Crippen LogP contribution in [0.15, 0.2) is 24.4 Å². The number of nitrogens with zero attached hydrogens (tertiary/aromatic N) is 2. The van der Waals surface area contributed by atoms with Crippen molar-refractivity contribution in [1.29, 1.82) is 0 Å². The molecule has 0 fully saturated rings. The number of hydrogen-bond donors (Lipinski definition) is 0. The highest BCUT2D eigenvalue weighted by atomic mass is 32.3. The molecular weight excluding hydrogens is 526 g/mol. The summed E-state index contributed by atoms with van der Waals surface area (Å²) in [6, 6.07) is 6.18. The molecule has 0 radical (unpaired) electrons. The van der Waals surface area contributed by atoms with E-state index >= 15 is 0 Å². The molecule has 0 amide bonds. The largest absolute Gasteiger partial charge is 0.569 e. The Morgan fingerprint density at radius 2 is 1.24 bits per heavy atom. The van der Waals surface area contributed by atoms with Crippen molar-refractivity contribution in [3.8, 4) is 0 Å². The van der Waals surface area contributed by atoms with Gasteiger partial charge in [0.15, 0.2) is 31.9 Å². The summed E-state index contributed by atoms with van der Waals surface area (Å²) in [5.41, 5.74) is -11.1. The Bertz CT molecular complexity index is 939. The molecule has 194 valence electrons. The second kappa shape index (κ2) is 11.0. The minimum Gasteiger partial charge on any atom is -0.421 e. The van der Waals surface area contributed by atoms with Crippen LogP contribution in [-0.2, 0) is 44.9 Å². The Balaban J connectivity index is 0.000000633. The molecule has 0 saturated carbocycles. The monoisotopic (exact) mass is 550 g/mol. The number of aromatic nitrogens is 1. The number of hydrogen-bond acceptors (Lipinski definition) is 7. The fraction of sp³-hybridized carbons (Fsp3) is 0.667. The molecule has 1 aromatic heterocycles. The molecule has 0 saturated heterocycles. The highest BCUT2D eigenvalue weighted by molar-refractivity contribution is 8.13. The summed E-state index contributed by atoms with van der Waals surface area (Å²) in [6.45, 7) is 6.57. The first-order chi connectivity index (χ1) is 14.6. The lowest BCUT2D eigenvalue weighted by molar-refractivity contribution is -0.695. The van der Waals surface area contributed by atoms with Crippen LogP contribution >= 0.6 is 0 Å². The smallest absolute Gasteiger partial charge is 0.421 e. The summed E-state index contributed by atoms with van der Waals surface area (Å²) in [6.07, 6.45) is 2.66. The quantitative estimate of drug-likeness (QED) is 0.291. The average molecular weight is 551 g/mol. The maximum absolute atomic E-state index is 11.4. The molecule has 0 atom stereocenters. The van der Waals surface area contributed by atoms with Crippen molar-refractivity contribution in [1.82, 2.24) is 0 Å². The van der Waals surface area contributed by atoms with E-state index in [2.05, 4.69) is 31.4 Å². The molecule has 0 unspecified atom stereocenters. The molecule has 1 rings (SSSR count). The van der Waals surface area contributed by atoms with E-state index in [4.69, 9.17) is 13.3 Å². The lowest BCUT2D eigenvalue weighted by atomic mass is 9.91. The lowest BCUT2D eigenvalue weighted by Crippen LogP contribution is -2.58. The minimum absolute atomic E-state index is 0.0661. The van der Waals surface area contributed by atoms with E-state index in [0.29, 0.717) is 6.17 Å². The van der Waals surface area contributed by atoms with Crippen molar-refractivity contribution in [3.05, 3.63) is 34.2 Å². The first kappa shape index (κ1) is 31.7. The summed E-state index contributed by atoms with van der Waals surface area (Å²) in [4.78, 5) is 0. The van der Waals surface area contributed by atoms with E-state index in [1.165, 1.54) is 5.69 Å². The Morgan fingerprint density at radius 1 is 0.848 bits per heavy atom. The normalized spacial score (nSPS) is 13.9. The van der Waals surface area contributed by atoms with E-state index in [0.717, 1.165) is 4.13 Å². The van der Waals surface area contributed by atoms with Crippen LogP contribution in [-0.4, -0.2) is 58.0 Å². The van der Waals surface area contributed by atoms with Gasteiger partial charge < -0.3 is 17.4 Å². The Hall–Kier alpha value is -1.31. The predicted molar refractivity (Wildman–Crippen MR) is 105 cm³/mol. The highest BCUT2D eigenvalue weighted by Crippen LogP contribution is 2.36. The van der Waals surface area contributed by atoms with Crippen LogP contribution in [0.5, 0.6) is 0 Å². The third kappa shape index (κ3) is 8.76. The zero-order valence-electron chi connectivity index (χ0n) is 18.4. The van der Waals surface area contributed by atoms with Crippen LogP contribution in [0, 0.1) is 0 Å². The van der Waals surface area contributed by atoms with Crippen molar-refractivity contribution in [2.75, 3.05) is 21.3 Å². The number of halogens is 6. The third-order valence-corrected chi connectivity index (χ3v) is 9.12. The van der Waals surface area contributed by atoms with Crippen molar-refractivity contribution < 1.29 is 61.0 Å². The standard InChI is InChI=1S/C13H24NO3Si.C2F6NO4S2/c1-13(2,3)12-9-7-8-10-14(12)11-18(15-4,16-5)17-6;3-1(4,5)14(10,11)9-15(12,13)2(6,7)8/h7-10H,11H2,1-6H3;/q+1;-1. The van der Waals surface area contributed by atoms with Gasteiger partial charge in [-0.1, -0.05) is 26.8 Å². The third-order valence-electron chi connectivity index (χ3n) is 3.79. The molecule has 18 heteroatoms. The topological polar surface area (TPSA) is 114 Å². The molecule has 0 bridgehead atoms. The van der Waals surface area contributed by atoms with Gasteiger partial charge in [-0.05, 0) is 0 Å². The zero-order chi connectivity index (χ0) is 26.5. The first-order valence-corrected chi connectivity index (χ1v) is 13.4. The number of alkyl halides is 6.